The quantitative estimate of drug-likeness (QED) is 0.185. The molecule has 1 atom stereocenters. The first-order valence-electron chi connectivity index (χ1n) is 9.00. The van der Waals surface area contributed by atoms with Gasteiger partial charge in [-0.25, -0.2) is 0 Å². The Morgan fingerprint density at radius 1 is 0.382 bits per heavy atom. The van der Waals surface area contributed by atoms with Crippen molar-refractivity contribution in [3.8, 4) is 0 Å². The van der Waals surface area contributed by atoms with Crippen LogP contribution >= 0.6 is 0 Å². The Morgan fingerprint density at radius 2 is 0.618 bits per heavy atom. The second kappa shape index (κ2) is 8.85. The van der Waals surface area contributed by atoms with Crippen LogP contribution in [0.4, 0.5) is 74.6 Å². The molecule has 0 amide bonds. The van der Waals surface area contributed by atoms with Gasteiger partial charge < -0.3 is 0 Å². The van der Waals surface area contributed by atoms with Crippen LogP contribution in [0.15, 0.2) is 0 Å². The molecule has 18 heteroatoms. The van der Waals surface area contributed by atoms with E-state index in [2.05, 4.69) is 0 Å². The van der Waals surface area contributed by atoms with Gasteiger partial charge in [0, 0.05) is 5.54 Å². The highest BCUT2D eigenvalue weighted by Gasteiger charge is 2.95. The minimum Gasteiger partial charge on any atom is -0.200 e. The average Bonchev–Trinajstić information content (AvgIpc) is 2.58. The molecule has 0 aromatic rings. The molecule has 0 aliphatic rings. The molecule has 1 unspecified atom stereocenters. The predicted octanol–water partition coefficient (Wildman–Crippen LogP) is 8.70. The first-order chi connectivity index (χ1) is 14.4. The maximum Gasteiger partial charge on any atom is 0.460 e. The Hall–Kier alpha value is -0.973. The minimum absolute atomic E-state index is 0.182. The molecule has 0 fully saturated rings. The fourth-order valence-electron chi connectivity index (χ4n) is 3.32. The lowest BCUT2D eigenvalue weighted by atomic mass is 9.88. The zero-order chi connectivity index (χ0) is 28.3. The van der Waals surface area contributed by atoms with Crippen molar-refractivity contribution in [1.29, 1.82) is 0 Å². The lowest BCUT2D eigenvalue weighted by molar-refractivity contribution is -0.461. The highest BCUT2D eigenvalue weighted by Crippen LogP contribution is 2.65. The van der Waals surface area contributed by atoms with Crippen LogP contribution in [0.1, 0.15) is 34.6 Å². The van der Waals surface area contributed by atoms with Crippen LogP contribution in [-0.2, 0) is 0 Å². The molecule has 0 heterocycles. The van der Waals surface area contributed by atoms with Gasteiger partial charge in [0.2, 0.25) is 0 Å². The summed E-state index contributed by atoms with van der Waals surface area (Å²) in [4.78, 5) is 0. The van der Waals surface area contributed by atoms with E-state index in [1.807, 2.05) is 0 Å². The first-order valence-corrected chi connectivity index (χ1v) is 10.7. The van der Waals surface area contributed by atoms with Crippen molar-refractivity contribution >= 4 is 8.80 Å². The van der Waals surface area contributed by atoms with Gasteiger partial charge in [-0.2, -0.15) is 74.6 Å². The van der Waals surface area contributed by atoms with E-state index in [1.165, 1.54) is 0 Å². The molecule has 0 saturated heterocycles. The van der Waals surface area contributed by atoms with Crippen LogP contribution in [0.2, 0.25) is 16.6 Å². The van der Waals surface area contributed by atoms with Crippen molar-refractivity contribution in [3.05, 3.63) is 0 Å². The Kier molecular flexibility index (Phi) is 8.60. The molecule has 0 N–H and O–H groups in total. The molecular formula is C16H18F17Si. The van der Waals surface area contributed by atoms with Crippen LogP contribution in [0, 0.1) is 0 Å². The molecule has 0 aromatic carbocycles. The highest BCUT2D eigenvalue weighted by molar-refractivity contribution is 6.63. The van der Waals surface area contributed by atoms with Gasteiger partial charge in [0.15, 0.2) is 0 Å². The zero-order valence-corrected chi connectivity index (χ0v) is 18.7. The normalized spacial score (nSPS) is 17.2. The summed E-state index contributed by atoms with van der Waals surface area (Å²) < 4.78 is 227. The maximum atomic E-state index is 14.4. The van der Waals surface area contributed by atoms with Gasteiger partial charge >= 0.3 is 47.6 Å². The Balaban J connectivity index is 6.88. The van der Waals surface area contributed by atoms with E-state index >= 15 is 0 Å². The van der Waals surface area contributed by atoms with E-state index in [9.17, 15) is 74.6 Å². The van der Waals surface area contributed by atoms with E-state index in [-0.39, 0.29) is 6.92 Å². The third-order valence-corrected chi connectivity index (χ3v) is 9.15. The van der Waals surface area contributed by atoms with Gasteiger partial charge in [0.1, 0.15) is 0 Å². The van der Waals surface area contributed by atoms with Crippen LogP contribution in [0.3, 0.4) is 0 Å². The molecule has 0 saturated carbocycles. The van der Waals surface area contributed by atoms with Crippen LogP contribution in [0.5, 0.6) is 0 Å². The number of hydrogen-bond donors (Lipinski definition) is 0. The van der Waals surface area contributed by atoms with E-state index in [0.29, 0.717) is 0 Å². The average molecular weight is 561 g/mol. The van der Waals surface area contributed by atoms with Crippen molar-refractivity contribution in [2.45, 2.75) is 98.9 Å². The largest absolute Gasteiger partial charge is 0.460 e. The van der Waals surface area contributed by atoms with Crippen molar-refractivity contribution in [2.24, 2.45) is 0 Å². The monoisotopic (exact) mass is 561 g/mol. The lowest BCUT2D eigenvalue weighted by Crippen LogP contribution is -2.74. The van der Waals surface area contributed by atoms with Gasteiger partial charge in [-0.05, 0) is 0 Å². The second-order valence-electron chi connectivity index (χ2n) is 8.10. The van der Waals surface area contributed by atoms with E-state index in [1.54, 1.807) is 0 Å². The SMILES string of the molecule is CC(C)[Si](C(C)C)C(C)C(F)(F)C(F)(F)C(F)(F)C(F)(F)C(F)(F)C(F)(F)C(F)(F)C(F)(F)F. The van der Waals surface area contributed by atoms with Gasteiger partial charge in [0.25, 0.3) is 0 Å². The number of rotatable bonds is 10. The molecule has 0 spiro atoms. The van der Waals surface area contributed by atoms with Crippen LogP contribution in [0.25, 0.3) is 0 Å². The molecule has 0 aromatic heterocycles. The molecule has 34 heavy (non-hydrogen) atoms. The summed E-state index contributed by atoms with van der Waals surface area (Å²) in [5, 5.41) is 0. The fourth-order valence-corrected chi connectivity index (χ4v) is 7.26. The van der Waals surface area contributed by atoms with Gasteiger partial charge in [-0.1, -0.05) is 45.7 Å². The first kappa shape index (κ1) is 33.0. The predicted molar refractivity (Wildman–Crippen MR) is 86.1 cm³/mol. The second-order valence-corrected chi connectivity index (χ2v) is 12.3. The minimum atomic E-state index is -8.59. The number of alkyl halides is 17. The maximum absolute atomic E-state index is 14.4. The standard InChI is InChI=1S/C16H18F17Si/c1-6(2)34(7(3)4)8(5)9(17,18)10(19,20)11(21,22)12(23,24)13(25,26)14(27,28)15(29,30)16(31,32)33/h6-8H,1-5H3. The third-order valence-electron chi connectivity index (χ3n) is 5.12. The highest BCUT2D eigenvalue weighted by atomic mass is 28.3. The summed E-state index contributed by atoms with van der Waals surface area (Å²) in [6.07, 6.45) is -7.75. The van der Waals surface area contributed by atoms with E-state index in [0.717, 1.165) is 27.7 Å². The Morgan fingerprint density at radius 3 is 0.853 bits per heavy atom. The van der Waals surface area contributed by atoms with Crippen molar-refractivity contribution < 1.29 is 74.6 Å². The van der Waals surface area contributed by atoms with E-state index < -0.39 is 73.1 Å². The van der Waals surface area contributed by atoms with Gasteiger partial charge in [-0.3, -0.25) is 0 Å². The summed E-state index contributed by atoms with van der Waals surface area (Å²) in [7, 11) is -2.92. The molecule has 0 bridgehead atoms. The molecule has 0 rings (SSSR count). The summed E-state index contributed by atoms with van der Waals surface area (Å²) in [5.41, 5.74) is -4.79. The van der Waals surface area contributed by atoms with Crippen molar-refractivity contribution in [1.82, 2.24) is 0 Å². The number of halogens is 17. The van der Waals surface area contributed by atoms with E-state index in [4.69, 9.17) is 0 Å². The topological polar surface area (TPSA) is 0 Å². The van der Waals surface area contributed by atoms with Gasteiger partial charge in [-0.15, -0.1) is 0 Å². The molecule has 205 valence electrons. The summed E-state index contributed by atoms with van der Waals surface area (Å²) in [6, 6.07) is 0. The van der Waals surface area contributed by atoms with Crippen molar-refractivity contribution in [2.75, 3.05) is 0 Å². The number of hydrogen-bond acceptors (Lipinski definition) is 0. The third kappa shape index (κ3) is 4.37. The molecule has 0 aliphatic heterocycles. The Labute approximate surface area is 183 Å². The Bertz CT molecular complexity index is 699. The summed E-state index contributed by atoms with van der Waals surface area (Å²) in [6.45, 7) is 4.79. The molecule has 0 nitrogen and oxygen atoms in total. The molecule has 1 radical (unpaired) electrons. The summed E-state index contributed by atoms with van der Waals surface area (Å²) in [5.74, 6) is -55.9. The lowest BCUT2D eigenvalue weighted by Gasteiger charge is -2.45. The van der Waals surface area contributed by atoms with Gasteiger partial charge in [0.05, 0.1) is 8.80 Å². The van der Waals surface area contributed by atoms with Crippen molar-refractivity contribution in [3.63, 3.8) is 0 Å². The summed E-state index contributed by atoms with van der Waals surface area (Å²) >= 11 is 0. The zero-order valence-electron chi connectivity index (χ0n) is 17.7. The fraction of sp³-hybridized carbons (Fsp3) is 1.00. The van der Waals surface area contributed by atoms with Crippen LogP contribution in [-0.4, -0.2) is 56.4 Å². The van der Waals surface area contributed by atoms with Crippen LogP contribution < -0.4 is 0 Å². The molecular weight excluding hydrogens is 543 g/mol. The molecule has 0 aliphatic carbocycles. The smallest absolute Gasteiger partial charge is 0.200 e.